The van der Waals surface area contributed by atoms with Gasteiger partial charge in [-0.1, -0.05) is 0 Å². The molecule has 2 aromatic rings. The Bertz CT molecular complexity index is 598. The molecule has 1 spiro atoms. The van der Waals surface area contributed by atoms with Gasteiger partial charge in [-0.3, -0.25) is 0 Å². The highest BCUT2D eigenvalue weighted by Crippen LogP contribution is 2.39. The van der Waals surface area contributed by atoms with Gasteiger partial charge in [-0.25, -0.2) is 9.97 Å². The van der Waals surface area contributed by atoms with Crippen molar-refractivity contribution in [1.29, 1.82) is 0 Å². The topological polar surface area (TPSA) is 56.8 Å². The minimum absolute atomic E-state index is 0.375. The van der Waals surface area contributed by atoms with Gasteiger partial charge in [-0.05, 0) is 25.3 Å². The van der Waals surface area contributed by atoms with Crippen molar-refractivity contribution in [3.63, 3.8) is 0 Å². The van der Waals surface area contributed by atoms with Crippen LogP contribution in [0, 0.1) is 6.92 Å². The number of H-pyrrole nitrogens is 1. The fourth-order valence-electron chi connectivity index (χ4n) is 2.96. The molecule has 2 N–H and O–H groups in total. The molecule has 18 heavy (non-hydrogen) atoms. The molecule has 5 nitrogen and oxygen atoms in total. The molecule has 0 bridgehead atoms. The molecule has 1 aliphatic carbocycles. The number of rotatable bonds is 1. The molecule has 0 amide bonds. The number of hydrogen-bond acceptors (Lipinski definition) is 4. The van der Waals surface area contributed by atoms with Crippen molar-refractivity contribution >= 4 is 16.9 Å². The van der Waals surface area contributed by atoms with Crippen molar-refractivity contribution in [3.8, 4) is 0 Å². The number of hydrogen-bond donors (Lipinski definition) is 2. The molecule has 2 aliphatic rings. The van der Waals surface area contributed by atoms with Crippen molar-refractivity contribution in [2.24, 2.45) is 0 Å². The average molecular weight is 243 g/mol. The molecule has 0 unspecified atom stereocenters. The van der Waals surface area contributed by atoms with Gasteiger partial charge in [0.05, 0.1) is 5.39 Å². The second-order valence-electron chi connectivity index (χ2n) is 5.52. The fourth-order valence-corrected chi connectivity index (χ4v) is 2.96. The van der Waals surface area contributed by atoms with Crippen molar-refractivity contribution in [1.82, 2.24) is 20.3 Å². The third kappa shape index (κ3) is 1.43. The lowest BCUT2D eigenvalue weighted by Gasteiger charge is -2.35. The van der Waals surface area contributed by atoms with Crippen molar-refractivity contribution in [2.75, 3.05) is 24.5 Å². The standard InChI is InChI=1S/C13H17N5/c1-9-6-14-11-10(9)12(16-8-15-11)18-5-4-17-13(7-18)2-3-13/h6,8,17H,2-5,7H2,1H3,(H,14,15,16). The van der Waals surface area contributed by atoms with Gasteiger partial charge < -0.3 is 15.2 Å². The molecule has 0 aromatic carbocycles. The van der Waals surface area contributed by atoms with Gasteiger partial charge >= 0.3 is 0 Å². The van der Waals surface area contributed by atoms with Gasteiger partial charge in [0.15, 0.2) is 0 Å². The number of piperazine rings is 1. The van der Waals surface area contributed by atoms with E-state index in [1.807, 2.05) is 6.20 Å². The number of aryl methyl sites for hydroxylation is 1. The Kier molecular flexibility index (Phi) is 1.97. The smallest absolute Gasteiger partial charge is 0.143 e. The summed E-state index contributed by atoms with van der Waals surface area (Å²) >= 11 is 0. The Morgan fingerprint density at radius 3 is 3.06 bits per heavy atom. The Hall–Kier alpha value is -1.62. The number of aromatic nitrogens is 3. The lowest BCUT2D eigenvalue weighted by atomic mass is 10.1. The van der Waals surface area contributed by atoms with Gasteiger partial charge in [0.25, 0.3) is 0 Å². The SMILES string of the molecule is Cc1c[nH]c2ncnc(N3CCNC4(CC4)C3)c12. The van der Waals surface area contributed by atoms with Crippen molar-refractivity contribution in [2.45, 2.75) is 25.3 Å². The van der Waals surface area contributed by atoms with E-state index in [4.69, 9.17) is 0 Å². The molecule has 0 radical (unpaired) electrons. The third-order valence-electron chi connectivity index (χ3n) is 4.18. The number of aromatic amines is 1. The van der Waals surface area contributed by atoms with Crippen LogP contribution in [0.4, 0.5) is 5.82 Å². The minimum Gasteiger partial charge on any atom is -0.353 e. The van der Waals surface area contributed by atoms with Crippen molar-refractivity contribution < 1.29 is 0 Å². The van der Waals surface area contributed by atoms with E-state index in [-0.39, 0.29) is 0 Å². The monoisotopic (exact) mass is 243 g/mol. The van der Waals surface area contributed by atoms with Crippen LogP contribution in [0.3, 0.4) is 0 Å². The Morgan fingerprint density at radius 2 is 2.22 bits per heavy atom. The molecule has 5 heteroatoms. The first-order valence-corrected chi connectivity index (χ1v) is 6.56. The number of nitrogens with one attached hydrogen (secondary N) is 2. The number of anilines is 1. The first-order valence-electron chi connectivity index (χ1n) is 6.56. The molecule has 2 fully saturated rings. The molecular formula is C13H17N5. The van der Waals surface area contributed by atoms with Crippen molar-refractivity contribution in [3.05, 3.63) is 18.1 Å². The molecule has 0 atom stereocenters. The van der Waals surface area contributed by atoms with E-state index < -0.39 is 0 Å². The summed E-state index contributed by atoms with van der Waals surface area (Å²) in [6.45, 7) is 5.26. The van der Waals surface area contributed by atoms with Crippen LogP contribution in [0.2, 0.25) is 0 Å². The summed E-state index contributed by atoms with van der Waals surface area (Å²) in [6, 6.07) is 0. The van der Waals surface area contributed by atoms with E-state index in [0.29, 0.717) is 5.54 Å². The van der Waals surface area contributed by atoms with E-state index in [1.165, 1.54) is 23.8 Å². The first kappa shape index (κ1) is 10.3. The minimum atomic E-state index is 0.375. The largest absolute Gasteiger partial charge is 0.353 e. The third-order valence-corrected chi connectivity index (χ3v) is 4.18. The molecule has 1 saturated heterocycles. The highest BCUT2D eigenvalue weighted by molar-refractivity contribution is 5.90. The summed E-state index contributed by atoms with van der Waals surface area (Å²) in [7, 11) is 0. The zero-order valence-corrected chi connectivity index (χ0v) is 10.5. The van der Waals surface area contributed by atoms with Crippen LogP contribution >= 0.6 is 0 Å². The second-order valence-corrected chi connectivity index (χ2v) is 5.52. The average Bonchev–Trinajstić information content (AvgIpc) is 3.02. The highest BCUT2D eigenvalue weighted by Gasteiger charge is 2.46. The maximum absolute atomic E-state index is 4.52. The van der Waals surface area contributed by atoms with E-state index in [0.717, 1.165) is 31.1 Å². The number of fused-ring (bicyclic) bond motifs is 1. The van der Waals surface area contributed by atoms with E-state index >= 15 is 0 Å². The molecule has 1 aliphatic heterocycles. The van der Waals surface area contributed by atoms with Crippen LogP contribution in [0.15, 0.2) is 12.5 Å². The summed E-state index contributed by atoms with van der Waals surface area (Å²) in [5, 5.41) is 4.81. The van der Waals surface area contributed by atoms with Crippen LogP contribution in [-0.2, 0) is 0 Å². The lowest BCUT2D eigenvalue weighted by molar-refractivity contribution is 0.441. The first-order chi connectivity index (χ1) is 8.77. The predicted octanol–water partition coefficient (Wildman–Crippen LogP) is 1.21. The lowest BCUT2D eigenvalue weighted by Crippen LogP contribution is -2.52. The van der Waals surface area contributed by atoms with E-state index in [9.17, 15) is 0 Å². The normalized spacial score (nSPS) is 21.7. The Labute approximate surface area is 106 Å². The summed E-state index contributed by atoms with van der Waals surface area (Å²) in [4.78, 5) is 14.4. The van der Waals surface area contributed by atoms with Crippen LogP contribution < -0.4 is 10.2 Å². The second kappa shape index (κ2) is 3.45. The van der Waals surface area contributed by atoms with Crippen LogP contribution in [0.25, 0.3) is 11.0 Å². The molecule has 94 valence electrons. The summed E-state index contributed by atoms with van der Waals surface area (Å²) in [6.07, 6.45) is 6.26. The summed E-state index contributed by atoms with van der Waals surface area (Å²) in [5.74, 6) is 1.09. The Balaban J connectivity index is 1.79. The summed E-state index contributed by atoms with van der Waals surface area (Å²) < 4.78 is 0. The molecule has 2 aromatic heterocycles. The van der Waals surface area contributed by atoms with Gasteiger partial charge in [0, 0.05) is 31.4 Å². The van der Waals surface area contributed by atoms with Gasteiger partial charge in [-0.2, -0.15) is 0 Å². The van der Waals surface area contributed by atoms with Gasteiger partial charge in [-0.15, -0.1) is 0 Å². The zero-order valence-electron chi connectivity index (χ0n) is 10.5. The Morgan fingerprint density at radius 1 is 1.33 bits per heavy atom. The van der Waals surface area contributed by atoms with Gasteiger partial charge in [0.2, 0.25) is 0 Å². The van der Waals surface area contributed by atoms with Crippen LogP contribution in [0.5, 0.6) is 0 Å². The molecule has 3 heterocycles. The predicted molar refractivity (Wildman–Crippen MR) is 70.8 cm³/mol. The maximum Gasteiger partial charge on any atom is 0.143 e. The van der Waals surface area contributed by atoms with Crippen LogP contribution in [-0.4, -0.2) is 40.1 Å². The van der Waals surface area contributed by atoms with E-state index in [2.05, 4.69) is 32.1 Å². The summed E-state index contributed by atoms with van der Waals surface area (Å²) in [5.41, 5.74) is 2.55. The molecule has 4 rings (SSSR count). The molecule has 1 saturated carbocycles. The maximum atomic E-state index is 4.52. The molecular weight excluding hydrogens is 226 g/mol. The number of nitrogens with zero attached hydrogens (tertiary/aromatic N) is 3. The fraction of sp³-hybridized carbons (Fsp3) is 0.538. The van der Waals surface area contributed by atoms with E-state index in [1.54, 1.807) is 6.33 Å². The highest BCUT2D eigenvalue weighted by atomic mass is 15.3. The van der Waals surface area contributed by atoms with Gasteiger partial charge in [0.1, 0.15) is 17.8 Å². The van der Waals surface area contributed by atoms with Crippen LogP contribution in [0.1, 0.15) is 18.4 Å². The quantitative estimate of drug-likeness (QED) is 0.790. The zero-order chi connectivity index (χ0) is 12.2.